The number of hydrogen-bond donors (Lipinski definition) is 1. The molecule has 2 rings (SSSR count). The van der Waals surface area contributed by atoms with E-state index < -0.39 is 0 Å². The summed E-state index contributed by atoms with van der Waals surface area (Å²) in [5, 5.41) is 0. The fourth-order valence-electron chi connectivity index (χ4n) is 2.74. The summed E-state index contributed by atoms with van der Waals surface area (Å²) in [6, 6.07) is 3.05. The normalized spacial score (nSPS) is 21.8. The van der Waals surface area contributed by atoms with Crippen LogP contribution in [0.4, 0.5) is 4.39 Å². The van der Waals surface area contributed by atoms with Crippen LogP contribution in [0.15, 0.2) is 12.1 Å². The van der Waals surface area contributed by atoms with Crippen LogP contribution >= 0.6 is 0 Å². The van der Waals surface area contributed by atoms with Crippen molar-refractivity contribution in [3.63, 3.8) is 0 Å². The molecule has 1 aliphatic heterocycles. The highest BCUT2D eigenvalue weighted by Crippen LogP contribution is 2.28. The van der Waals surface area contributed by atoms with Crippen LogP contribution in [0.2, 0.25) is 0 Å². The van der Waals surface area contributed by atoms with Crippen molar-refractivity contribution in [3.8, 4) is 0 Å². The summed E-state index contributed by atoms with van der Waals surface area (Å²) >= 11 is 0. The molecule has 2 nitrogen and oxygen atoms in total. The van der Waals surface area contributed by atoms with Crippen molar-refractivity contribution in [1.29, 1.82) is 0 Å². The quantitative estimate of drug-likeness (QED) is 0.877. The van der Waals surface area contributed by atoms with E-state index in [9.17, 15) is 4.39 Å². The minimum absolute atomic E-state index is 0.0568. The number of halogens is 1. The fraction of sp³-hybridized carbons (Fsp3) is 0.571. The average molecular weight is 237 g/mol. The van der Waals surface area contributed by atoms with Gasteiger partial charge in [-0.25, -0.2) is 4.39 Å². The Kier molecular flexibility index (Phi) is 3.79. The van der Waals surface area contributed by atoms with Crippen LogP contribution in [0.3, 0.4) is 0 Å². The van der Waals surface area contributed by atoms with E-state index in [0.29, 0.717) is 0 Å². The summed E-state index contributed by atoms with van der Waals surface area (Å²) in [6.07, 6.45) is 3.31. The minimum atomic E-state index is -0.187. The van der Waals surface area contributed by atoms with Gasteiger partial charge < -0.3 is 10.5 Å². The Morgan fingerprint density at radius 2 is 2.06 bits per heavy atom. The third-order valence-corrected chi connectivity index (χ3v) is 3.47. The predicted molar refractivity (Wildman–Crippen MR) is 66.4 cm³/mol. The van der Waals surface area contributed by atoms with Crippen LogP contribution in [0, 0.1) is 19.7 Å². The van der Waals surface area contributed by atoms with Crippen LogP contribution < -0.4 is 5.73 Å². The summed E-state index contributed by atoms with van der Waals surface area (Å²) < 4.78 is 18.8. The van der Waals surface area contributed by atoms with Gasteiger partial charge in [0.15, 0.2) is 0 Å². The van der Waals surface area contributed by atoms with Gasteiger partial charge in [0, 0.05) is 12.6 Å². The topological polar surface area (TPSA) is 35.2 Å². The van der Waals surface area contributed by atoms with E-state index in [4.69, 9.17) is 10.5 Å². The Labute approximate surface area is 102 Å². The molecule has 0 bridgehead atoms. The number of ether oxygens (including phenoxy) is 1. The van der Waals surface area contributed by atoms with E-state index in [-0.39, 0.29) is 18.0 Å². The molecule has 94 valence electrons. The monoisotopic (exact) mass is 237 g/mol. The lowest BCUT2D eigenvalue weighted by atomic mass is 9.92. The predicted octanol–water partition coefficient (Wildman–Crippen LogP) is 3.01. The second-order valence-electron chi connectivity index (χ2n) is 4.93. The Morgan fingerprint density at radius 3 is 2.59 bits per heavy atom. The van der Waals surface area contributed by atoms with E-state index >= 15 is 0 Å². The SMILES string of the molecule is Cc1cc(F)cc(C)c1C(N)CC1CCCO1. The van der Waals surface area contributed by atoms with Gasteiger partial charge >= 0.3 is 0 Å². The molecule has 1 saturated heterocycles. The highest BCUT2D eigenvalue weighted by Gasteiger charge is 2.21. The number of nitrogens with two attached hydrogens (primary N) is 1. The van der Waals surface area contributed by atoms with Crippen LogP contribution in [-0.4, -0.2) is 12.7 Å². The molecule has 0 aliphatic carbocycles. The number of hydrogen-bond acceptors (Lipinski definition) is 2. The molecule has 2 unspecified atom stereocenters. The van der Waals surface area contributed by atoms with Crippen LogP contribution in [0.5, 0.6) is 0 Å². The summed E-state index contributed by atoms with van der Waals surface area (Å²) in [5.41, 5.74) is 9.17. The molecule has 1 fully saturated rings. The number of rotatable bonds is 3. The average Bonchev–Trinajstić information content (AvgIpc) is 2.68. The molecule has 0 radical (unpaired) electrons. The molecule has 3 heteroatoms. The third-order valence-electron chi connectivity index (χ3n) is 3.47. The maximum Gasteiger partial charge on any atom is 0.123 e. The molecule has 1 aromatic carbocycles. The largest absolute Gasteiger partial charge is 0.378 e. The number of benzene rings is 1. The molecule has 0 saturated carbocycles. The molecule has 0 amide bonds. The first-order chi connectivity index (χ1) is 8.08. The second kappa shape index (κ2) is 5.15. The Morgan fingerprint density at radius 1 is 1.41 bits per heavy atom. The molecule has 2 atom stereocenters. The lowest BCUT2D eigenvalue weighted by Crippen LogP contribution is -2.20. The van der Waals surface area contributed by atoms with Crippen molar-refractivity contribution in [3.05, 3.63) is 34.6 Å². The highest BCUT2D eigenvalue weighted by atomic mass is 19.1. The lowest BCUT2D eigenvalue weighted by Gasteiger charge is -2.20. The molecular weight excluding hydrogens is 217 g/mol. The molecule has 2 N–H and O–H groups in total. The molecule has 0 spiro atoms. The zero-order chi connectivity index (χ0) is 12.4. The van der Waals surface area contributed by atoms with Crippen LogP contribution in [-0.2, 0) is 4.74 Å². The van der Waals surface area contributed by atoms with E-state index in [0.717, 1.165) is 42.6 Å². The summed E-state index contributed by atoms with van der Waals surface area (Å²) in [4.78, 5) is 0. The van der Waals surface area contributed by atoms with E-state index in [2.05, 4.69) is 0 Å². The van der Waals surface area contributed by atoms with Gasteiger partial charge in [0.25, 0.3) is 0 Å². The van der Waals surface area contributed by atoms with Gasteiger partial charge in [0.05, 0.1) is 6.10 Å². The second-order valence-corrected chi connectivity index (χ2v) is 4.93. The van der Waals surface area contributed by atoms with Crippen molar-refractivity contribution < 1.29 is 9.13 Å². The maximum atomic E-state index is 13.2. The summed E-state index contributed by atoms with van der Waals surface area (Å²) in [7, 11) is 0. The lowest BCUT2D eigenvalue weighted by molar-refractivity contribution is 0.0982. The molecule has 1 heterocycles. The maximum absolute atomic E-state index is 13.2. The van der Waals surface area contributed by atoms with Gasteiger partial charge in [0.2, 0.25) is 0 Å². The van der Waals surface area contributed by atoms with Gasteiger partial charge in [-0.1, -0.05) is 0 Å². The molecule has 17 heavy (non-hydrogen) atoms. The highest BCUT2D eigenvalue weighted by molar-refractivity contribution is 5.36. The first-order valence-corrected chi connectivity index (χ1v) is 6.21. The summed E-state index contributed by atoms with van der Waals surface area (Å²) in [6.45, 7) is 4.68. The zero-order valence-corrected chi connectivity index (χ0v) is 10.5. The fourth-order valence-corrected chi connectivity index (χ4v) is 2.74. The zero-order valence-electron chi connectivity index (χ0n) is 10.5. The van der Waals surface area contributed by atoms with Crippen LogP contribution in [0.1, 0.15) is 42.0 Å². The standard InChI is InChI=1S/C14H20FNO/c1-9-6-11(15)7-10(2)14(9)13(16)8-12-4-3-5-17-12/h6-7,12-13H,3-5,8,16H2,1-2H3. The van der Waals surface area contributed by atoms with Crippen molar-refractivity contribution >= 4 is 0 Å². The van der Waals surface area contributed by atoms with E-state index in [1.807, 2.05) is 13.8 Å². The van der Waals surface area contributed by atoms with Crippen molar-refractivity contribution in [2.45, 2.75) is 45.3 Å². The smallest absolute Gasteiger partial charge is 0.123 e. The van der Waals surface area contributed by atoms with Crippen LogP contribution in [0.25, 0.3) is 0 Å². The van der Waals surface area contributed by atoms with Crippen molar-refractivity contribution in [2.24, 2.45) is 5.73 Å². The third kappa shape index (κ3) is 2.85. The van der Waals surface area contributed by atoms with Gasteiger partial charge in [-0.15, -0.1) is 0 Å². The summed E-state index contributed by atoms with van der Waals surface area (Å²) in [5.74, 6) is -0.187. The van der Waals surface area contributed by atoms with Gasteiger partial charge in [-0.3, -0.25) is 0 Å². The Hall–Kier alpha value is -0.930. The van der Waals surface area contributed by atoms with Gasteiger partial charge in [-0.2, -0.15) is 0 Å². The first-order valence-electron chi connectivity index (χ1n) is 6.21. The van der Waals surface area contributed by atoms with E-state index in [1.165, 1.54) is 0 Å². The van der Waals surface area contributed by atoms with Gasteiger partial charge in [-0.05, 0) is 61.9 Å². The molecule has 0 aromatic heterocycles. The van der Waals surface area contributed by atoms with Crippen molar-refractivity contribution in [2.75, 3.05) is 6.61 Å². The molecule has 1 aliphatic rings. The Bertz CT molecular complexity index is 376. The molecular formula is C14H20FNO. The Balaban J connectivity index is 2.15. The number of aryl methyl sites for hydroxylation is 2. The van der Waals surface area contributed by atoms with Crippen molar-refractivity contribution in [1.82, 2.24) is 0 Å². The molecule has 1 aromatic rings. The van der Waals surface area contributed by atoms with E-state index in [1.54, 1.807) is 12.1 Å². The minimum Gasteiger partial charge on any atom is -0.378 e. The van der Waals surface area contributed by atoms with Gasteiger partial charge in [0.1, 0.15) is 5.82 Å². The first kappa shape index (κ1) is 12.5.